The molecule has 1 aromatic carbocycles. The Bertz CT molecular complexity index is 328. The number of hydrogen-bond donors (Lipinski definition) is 1. The molecule has 2 rings (SSSR count). The highest BCUT2D eigenvalue weighted by Crippen LogP contribution is 2.39. The zero-order valence-corrected chi connectivity index (χ0v) is 7.93. The Morgan fingerprint density at radius 2 is 1.71 bits per heavy atom. The third-order valence-corrected chi connectivity index (χ3v) is 2.88. The number of aliphatic hydroxyl groups excluding tert-OH is 1. The van der Waals surface area contributed by atoms with Gasteiger partial charge in [-0.05, 0) is 36.5 Å². The SMILES string of the molecule is CC1CC[C@@H](O)c2c(F)ccc(F)c21. The second-order valence-corrected chi connectivity index (χ2v) is 3.85. The van der Waals surface area contributed by atoms with Crippen LogP contribution in [0.25, 0.3) is 0 Å². The predicted molar refractivity (Wildman–Crippen MR) is 49.0 cm³/mol. The van der Waals surface area contributed by atoms with Crippen molar-refractivity contribution in [2.45, 2.75) is 31.8 Å². The number of fused-ring (bicyclic) bond motifs is 1. The Balaban J connectivity index is 2.65. The minimum atomic E-state index is -0.850. The Morgan fingerprint density at radius 3 is 2.29 bits per heavy atom. The lowest BCUT2D eigenvalue weighted by Gasteiger charge is -2.27. The van der Waals surface area contributed by atoms with E-state index in [1.54, 1.807) is 0 Å². The Labute approximate surface area is 81.4 Å². The highest BCUT2D eigenvalue weighted by Gasteiger charge is 2.28. The molecule has 1 N–H and O–H groups in total. The number of rotatable bonds is 0. The summed E-state index contributed by atoms with van der Waals surface area (Å²) >= 11 is 0. The molecule has 0 aromatic heterocycles. The van der Waals surface area contributed by atoms with Crippen molar-refractivity contribution in [1.29, 1.82) is 0 Å². The summed E-state index contributed by atoms with van der Waals surface area (Å²) in [7, 11) is 0. The van der Waals surface area contributed by atoms with Gasteiger partial charge in [0.1, 0.15) is 11.6 Å². The van der Waals surface area contributed by atoms with Crippen LogP contribution in [0, 0.1) is 11.6 Å². The Morgan fingerprint density at radius 1 is 1.14 bits per heavy atom. The van der Waals surface area contributed by atoms with E-state index in [4.69, 9.17) is 0 Å². The number of halogens is 2. The second kappa shape index (κ2) is 3.31. The summed E-state index contributed by atoms with van der Waals surface area (Å²) in [5.74, 6) is -0.919. The van der Waals surface area contributed by atoms with E-state index in [1.165, 1.54) is 0 Å². The molecule has 2 atom stereocenters. The van der Waals surface area contributed by atoms with Crippen LogP contribution in [0.4, 0.5) is 8.78 Å². The van der Waals surface area contributed by atoms with Crippen LogP contribution in [0.1, 0.15) is 42.9 Å². The van der Waals surface area contributed by atoms with E-state index < -0.39 is 17.7 Å². The van der Waals surface area contributed by atoms with Crippen molar-refractivity contribution < 1.29 is 13.9 Å². The summed E-state index contributed by atoms with van der Waals surface area (Å²) < 4.78 is 26.7. The van der Waals surface area contributed by atoms with E-state index in [9.17, 15) is 13.9 Å². The van der Waals surface area contributed by atoms with Gasteiger partial charge in [0, 0.05) is 5.56 Å². The number of hydrogen-bond acceptors (Lipinski definition) is 1. The largest absolute Gasteiger partial charge is 0.388 e. The maximum Gasteiger partial charge on any atom is 0.129 e. The summed E-state index contributed by atoms with van der Waals surface area (Å²) in [4.78, 5) is 0. The maximum absolute atomic E-state index is 13.4. The normalized spacial score (nSPS) is 26.0. The molecule has 1 aliphatic carbocycles. The molecule has 1 aromatic rings. The molecule has 0 heterocycles. The molecular weight excluding hydrogens is 186 g/mol. The van der Waals surface area contributed by atoms with Gasteiger partial charge in [-0.1, -0.05) is 6.92 Å². The highest BCUT2D eigenvalue weighted by atomic mass is 19.1. The summed E-state index contributed by atoms with van der Waals surface area (Å²) in [6.07, 6.45) is 0.361. The van der Waals surface area contributed by atoms with E-state index in [0.29, 0.717) is 18.4 Å². The van der Waals surface area contributed by atoms with Gasteiger partial charge in [-0.15, -0.1) is 0 Å². The van der Waals surface area contributed by atoms with E-state index in [0.717, 1.165) is 12.1 Å². The van der Waals surface area contributed by atoms with E-state index in [1.807, 2.05) is 6.92 Å². The minimum Gasteiger partial charge on any atom is -0.388 e. The molecule has 1 aliphatic rings. The Hall–Kier alpha value is -0.960. The lowest BCUT2D eigenvalue weighted by atomic mass is 9.82. The molecule has 1 nitrogen and oxygen atoms in total. The van der Waals surface area contributed by atoms with Gasteiger partial charge in [0.25, 0.3) is 0 Å². The van der Waals surface area contributed by atoms with Crippen LogP contribution in [-0.4, -0.2) is 5.11 Å². The minimum absolute atomic E-state index is 0.0101. The van der Waals surface area contributed by atoms with Gasteiger partial charge in [0.2, 0.25) is 0 Å². The summed E-state index contributed by atoms with van der Waals surface area (Å²) in [5, 5.41) is 9.58. The summed E-state index contributed by atoms with van der Waals surface area (Å²) in [5.41, 5.74) is 0.507. The maximum atomic E-state index is 13.4. The molecule has 0 fully saturated rings. The first-order valence-electron chi connectivity index (χ1n) is 4.77. The molecule has 1 unspecified atom stereocenters. The summed E-state index contributed by atoms with van der Waals surface area (Å²) in [6.45, 7) is 1.85. The predicted octanol–water partition coefficient (Wildman–Crippen LogP) is 2.90. The van der Waals surface area contributed by atoms with Crippen LogP contribution in [-0.2, 0) is 0 Å². The quantitative estimate of drug-likeness (QED) is 0.679. The van der Waals surface area contributed by atoms with E-state index >= 15 is 0 Å². The molecule has 0 radical (unpaired) electrons. The van der Waals surface area contributed by atoms with Crippen molar-refractivity contribution in [3.8, 4) is 0 Å². The molecule has 0 bridgehead atoms. The molecule has 14 heavy (non-hydrogen) atoms. The zero-order valence-electron chi connectivity index (χ0n) is 7.93. The van der Waals surface area contributed by atoms with E-state index in [-0.39, 0.29) is 11.5 Å². The fraction of sp³-hybridized carbons (Fsp3) is 0.455. The van der Waals surface area contributed by atoms with Crippen LogP contribution >= 0.6 is 0 Å². The highest BCUT2D eigenvalue weighted by molar-refractivity contribution is 5.36. The molecule has 3 heteroatoms. The van der Waals surface area contributed by atoms with Crippen molar-refractivity contribution in [2.24, 2.45) is 0 Å². The van der Waals surface area contributed by atoms with Crippen molar-refractivity contribution in [1.82, 2.24) is 0 Å². The summed E-state index contributed by atoms with van der Waals surface area (Å²) in [6, 6.07) is 2.21. The van der Waals surface area contributed by atoms with E-state index in [2.05, 4.69) is 0 Å². The van der Waals surface area contributed by atoms with Crippen molar-refractivity contribution in [3.63, 3.8) is 0 Å². The molecule has 0 aliphatic heterocycles. The Kier molecular flexibility index (Phi) is 2.27. The molecular formula is C11H12F2O. The topological polar surface area (TPSA) is 20.2 Å². The van der Waals surface area contributed by atoms with Crippen LogP contribution in [0.5, 0.6) is 0 Å². The smallest absolute Gasteiger partial charge is 0.129 e. The van der Waals surface area contributed by atoms with Crippen LogP contribution in [0.2, 0.25) is 0 Å². The number of aliphatic hydroxyl groups is 1. The first kappa shape index (κ1) is 9.59. The second-order valence-electron chi connectivity index (χ2n) is 3.85. The first-order valence-corrected chi connectivity index (χ1v) is 4.77. The van der Waals surface area contributed by atoms with Crippen molar-refractivity contribution in [2.75, 3.05) is 0 Å². The van der Waals surface area contributed by atoms with Crippen molar-refractivity contribution in [3.05, 3.63) is 34.9 Å². The third-order valence-electron chi connectivity index (χ3n) is 2.88. The van der Waals surface area contributed by atoms with Gasteiger partial charge < -0.3 is 5.11 Å². The van der Waals surface area contributed by atoms with Gasteiger partial charge in [-0.2, -0.15) is 0 Å². The van der Waals surface area contributed by atoms with Crippen LogP contribution < -0.4 is 0 Å². The fourth-order valence-corrected chi connectivity index (χ4v) is 2.12. The van der Waals surface area contributed by atoms with Crippen LogP contribution in [0.3, 0.4) is 0 Å². The third kappa shape index (κ3) is 1.32. The average Bonchev–Trinajstić information content (AvgIpc) is 2.16. The molecule has 0 saturated carbocycles. The molecule has 0 amide bonds. The fourth-order valence-electron chi connectivity index (χ4n) is 2.12. The standard InChI is InChI=1S/C11H12F2O/c1-6-2-5-9(14)11-8(13)4-3-7(12)10(6)11/h3-4,6,9,14H,2,5H2,1H3/t6?,9-/m1/s1. The van der Waals surface area contributed by atoms with Gasteiger partial charge in [-0.3, -0.25) is 0 Å². The first-order chi connectivity index (χ1) is 6.61. The molecule has 76 valence electrons. The van der Waals surface area contributed by atoms with Crippen LogP contribution in [0.15, 0.2) is 12.1 Å². The van der Waals surface area contributed by atoms with Gasteiger partial charge in [0.05, 0.1) is 6.10 Å². The van der Waals surface area contributed by atoms with Gasteiger partial charge in [0.15, 0.2) is 0 Å². The zero-order chi connectivity index (χ0) is 10.3. The van der Waals surface area contributed by atoms with Crippen molar-refractivity contribution >= 4 is 0 Å². The lowest BCUT2D eigenvalue weighted by Crippen LogP contribution is -2.16. The average molecular weight is 198 g/mol. The monoisotopic (exact) mass is 198 g/mol. The molecule has 0 spiro atoms. The molecule has 0 saturated heterocycles. The number of benzene rings is 1. The van der Waals surface area contributed by atoms with Gasteiger partial charge >= 0.3 is 0 Å². The lowest BCUT2D eigenvalue weighted by molar-refractivity contribution is 0.145. The van der Waals surface area contributed by atoms with Gasteiger partial charge in [-0.25, -0.2) is 8.78 Å².